The van der Waals surface area contributed by atoms with E-state index in [9.17, 15) is 9.59 Å². The molecule has 0 spiro atoms. The molecule has 1 heterocycles. The van der Waals surface area contributed by atoms with Gasteiger partial charge in [0.15, 0.2) is 5.16 Å². The molecule has 0 bridgehead atoms. The molecule has 0 aliphatic carbocycles. The number of hydrogen-bond donors (Lipinski definition) is 1. The molecule has 6 nitrogen and oxygen atoms in total. The minimum absolute atomic E-state index is 0.0739. The van der Waals surface area contributed by atoms with E-state index in [4.69, 9.17) is 4.74 Å². The van der Waals surface area contributed by atoms with E-state index < -0.39 is 0 Å². The van der Waals surface area contributed by atoms with Crippen molar-refractivity contribution in [1.29, 1.82) is 0 Å². The van der Waals surface area contributed by atoms with Gasteiger partial charge >= 0.3 is 0 Å². The highest BCUT2D eigenvalue weighted by atomic mass is 32.2. The summed E-state index contributed by atoms with van der Waals surface area (Å²) in [6.07, 6.45) is 2.00. The molecule has 31 heavy (non-hydrogen) atoms. The highest BCUT2D eigenvalue weighted by molar-refractivity contribution is 7.99. The monoisotopic (exact) mass is 439 g/mol. The zero-order valence-corrected chi connectivity index (χ0v) is 19.2. The third kappa shape index (κ3) is 5.67. The van der Waals surface area contributed by atoms with Crippen LogP contribution in [0.2, 0.25) is 0 Å². The van der Waals surface area contributed by atoms with Gasteiger partial charge in [0.25, 0.3) is 5.56 Å². The lowest BCUT2D eigenvalue weighted by Crippen LogP contribution is -2.34. The van der Waals surface area contributed by atoms with Crippen LogP contribution in [0.5, 0.6) is 5.75 Å². The lowest BCUT2D eigenvalue weighted by Gasteiger charge is -2.17. The first-order chi connectivity index (χ1) is 14.9. The quantitative estimate of drug-likeness (QED) is 0.394. The van der Waals surface area contributed by atoms with E-state index in [-0.39, 0.29) is 23.3 Å². The molecular formula is C24H29N3O3S. The zero-order chi connectivity index (χ0) is 22.4. The maximum absolute atomic E-state index is 13.3. The second kappa shape index (κ2) is 10.5. The molecule has 0 aliphatic heterocycles. The lowest BCUT2D eigenvalue weighted by atomic mass is 10.0. The number of fused-ring (bicyclic) bond motifs is 1. The maximum Gasteiger partial charge on any atom is 0.266 e. The Bertz CT molecular complexity index is 1110. The van der Waals surface area contributed by atoms with Crippen LogP contribution >= 0.6 is 11.8 Å². The van der Waals surface area contributed by atoms with Crippen LogP contribution in [0.1, 0.15) is 33.6 Å². The lowest BCUT2D eigenvalue weighted by molar-refractivity contribution is -0.119. The van der Waals surface area contributed by atoms with Crippen LogP contribution in [0.15, 0.2) is 58.5 Å². The summed E-state index contributed by atoms with van der Waals surface area (Å²) in [6.45, 7) is 6.36. The predicted octanol–water partition coefficient (Wildman–Crippen LogP) is 4.43. The molecule has 3 rings (SSSR count). The number of benzene rings is 2. The summed E-state index contributed by atoms with van der Waals surface area (Å²) < 4.78 is 7.00. The standard InChI is InChI=1S/C24H29N3O3S/c1-16(2)13-14-17(3)25-22(28)15-31-24-26-19-10-6-5-9-18(19)23(29)27(24)20-11-7-8-12-21(20)30-4/h5-12,16-17H,13-15H2,1-4H3,(H,25,28). The van der Waals surface area contributed by atoms with Crippen molar-refractivity contribution < 1.29 is 9.53 Å². The van der Waals surface area contributed by atoms with Crippen LogP contribution in [-0.4, -0.2) is 34.4 Å². The average Bonchev–Trinajstić information content (AvgIpc) is 2.76. The third-order valence-electron chi connectivity index (χ3n) is 4.99. The number of nitrogens with one attached hydrogen (secondary N) is 1. The highest BCUT2D eigenvalue weighted by Gasteiger charge is 2.17. The van der Waals surface area contributed by atoms with E-state index in [1.807, 2.05) is 37.3 Å². The normalized spacial score (nSPS) is 12.2. The Morgan fingerprint density at radius 1 is 1.10 bits per heavy atom. The summed E-state index contributed by atoms with van der Waals surface area (Å²) in [6, 6.07) is 14.6. The van der Waals surface area contributed by atoms with E-state index in [1.54, 1.807) is 25.3 Å². The van der Waals surface area contributed by atoms with Crippen molar-refractivity contribution in [2.45, 2.75) is 44.8 Å². The van der Waals surface area contributed by atoms with Crippen molar-refractivity contribution in [3.05, 3.63) is 58.9 Å². The number of carbonyl (C=O) groups excluding carboxylic acids is 1. The molecule has 2 aromatic carbocycles. The molecule has 0 fully saturated rings. The molecule has 1 amide bonds. The number of methoxy groups -OCH3 is 1. The van der Waals surface area contributed by atoms with Gasteiger partial charge in [-0.3, -0.25) is 14.2 Å². The molecule has 1 aromatic heterocycles. The van der Waals surface area contributed by atoms with E-state index in [2.05, 4.69) is 24.1 Å². The minimum Gasteiger partial charge on any atom is -0.495 e. The molecule has 0 aliphatic rings. The fraction of sp³-hybridized carbons (Fsp3) is 0.375. The van der Waals surface area contributed by atoms with Crippen molar-refractivity contribution in [3.8, 4) is 11.4 Å². The van der Waals surface area contributed by atoms with Crippen LogP contribution in [0.4, 0.5) is 0 Å². The highest BCUT2D eigenvalue weighted by Crippen LogP contribution is 2.27. The molecule has 3 aromatic rings. The van der Waals surface area contributed by atoms with Crippen LogP contribution in [0, 0.1) is 5.92 Å². The SMILES string of the molecule is COc1ccccc1-n1c(SCC(=O)NC(C)CCC(C)C)nc2ccccc2c1=O. The van der Waals surface area contributed by atoms with Crippen molar-refractivity contribution in [2.24, 2.45) is 5.92 Å². The van der Waals surface area contributed by atoms with Crippen LogP contribution in [0.25, 0.3) is 16.6 Å². The number of para-hydroxylation sites is 3. The van der Waals surface area contributed by atoms with E-state index >= 15 is 0 Å². The van der Waals surface area contributed by atoms with Crippen molar-refractivity contribution in [3.63, 3.8) is 0 Å². The van der Waals surface area contributed by atoms with Crippen LogP contribution in [-0.2, 0) is 4.79 Å². The molecular weight excluding hydrogens is 410 g/mol. The third-order valence-corrected chi connectivity index (χ3v) is 5.93. The molecule has 0 saturated carbocycles. The van der Waals surface area contributed by atoms with E-state index in [1.165, 1.54) is 16.3 Å². The van der Waals surface area contributed by atoms with Gasteiger partial charge < -0.3 is 10.1 Å². The molecule has 1 unspecified atom stereocenters. The summed E-state index contributed by atoms with van der Waals surface area (Å²) in [5.74, 6) is 1.27. The fourth-order valence-electron chi connectivity index (χ4n) is 3.34. The Labute approximate surface area is 187 Å². The predicted molar refractivity (Wildman–Crippen MR) is 126 cm³/mol. The van der Waals surface area contributed by atoms with Crippen LogP contribution < -0.4 is 15.6 Å². The second-order valence-corrected chi connectivity index (χ2v) is 8.89. The Morgan fingerprint density at radius 3 is 2.55 bits per heavy atom. The van der Waals surface area contributed by atoms with Gasteiger partial charge in [-0.25, -0.2) is 4.98 Å². The van der Waals surface area contributed by atoms with E-state index in [0.717, 1.165) is 12.8 Å². The number of amides is 1. The van der Waals surface area contributed by atoms with Gasteiger partial charge in [0.1, 0.15) is 5.75 Å². The number of hydrogen-bond acceptors (Lipinski definition) is 5. The molecule has 0 radical (unpaired) electrons. The Morgan fingerprint density at radius 2 is 1.81 bits per heavy atom. The minimum atomic E-state index is -0.191. The smallest absolute Gasteiger partial charge is 0.266 e. The summed E-state index contributed by atoms with van der Waals surface area (Å²) in [4.78, 5) is 30.6. The Hall–Kier alpha value is -2.80. The molecule has 7 heteroatoms. The van der Waals surface area contributed by atoms with E-state index in [0.29, 0.717) is 33.4 Å². The largest absolute Gasteiger partial charge is 0.495 e. The first-order valence-electron chi connectivity index (χ1n) is 10.5. The number of aromatic nitrogens is 2. The summed E-state index contributed by atoms with van der Waals surface area (Å²) in [7, 11) is 1.57. The number of carbonyl (C=O) groups is 1. The topological polar surface area (TPSA) is 73.2 Å². The first-order valence-corrected chi connectivity index (χ1v) is 11.5. The Balaban J connectivity index is 1.91. The van der Waals surface area contributed by atoms with Gasteiger partial charge in [-0.1, -0.05) is 49.9 Å². The maximum atomic E-state index is 13.3. The number of nitrogens with zero attached hydrogens (tertiary/aromatic N) is 2. The molecule has 1 N–H and O–H groups in total. The van der Waals surface area contributed by atoms with Gasteiger partial charge in [-0.2, -0.15) is 0 Å². The average molecular weight is 440 g/mol. The van der Waals surface area contributed by atoms with Gasteiger partial charge in [0.05, 0.1) is 29.5 Å². The fourth-order valence-corrected chi connectivity index (χ4v) is 4.15. The Kier molecular flexibility index (Phi) is 7.74. The van der Waals surface area contributed by atoms with Crippen LogP contribution in [0.3, 0.4) is 0 Å². The zero-order valence-electron chi connectivity index (χ0n) is 18.4. The number of rotatable bonds is 9. The van der Waals surface area contributed by atoms with Crippen molar-refractivity contribution >= 4 is 28.6 Å². The molecule has 1 atom stereocenters. The number of thioether (sulfide) groups is 1. The summed E-state index contributed by atoms with van der Waals surface area (Å²) in [5, 5.41) is 4.01. The number of ether oxygens (including phenoxy) is 1. The summed E-state index contributed by atoms with van der Waals surface area (Å²) in [5.41, 5.74) is 1.01. The van der Waals surface area contributed by atoms with Gasteiger partial charge in [-0.05, 0) is 49.9 Å². The molecule has 0 saturated heterocycles. The van der Waals surface area contributed by atoms with Crippen molar-refractivity contribution in [1.82, 2.24) is 14.9 Å². The van der Waals surface area contributed by atoms with Gasteiger partial charge in [0.2, 0.25) is 5.91 Å². The van der Waals surface area contributed by atoms with Crippen molar-refractivity contribution in [2.75, 3.05) is 12.9 Å². The second-order valence-electron chi connectivity index (χ2n) is 7.95. The van der Waals surface area contributed by atoms with Gasteiger partial charge in [0, 0.05) is 6.04 Å². The van der Waals surface area contributed by atoms with Gasteiger partial charge in [-0.15, -0.1) is 0 Å². The first kappa shape index (κ1) is 22.9. The summed E-state index contributed by atoms with van der Waals surface area (Å²) >= 11 is 1.25. The molecule has 164 valence electrons.